The Balaban J connectivity index is 3.97. The first-order valence-corrected chi connectivity index (χ1v) is 6.23. The first-order valence-electron chi connectivity index (χ1n) is 6.23. The largest absolute Gasteiger partial charge is 0.460 e. The third-order valence-corrected chi connectivity index (χ3v) is 2.20. The summed E-state index contributed by atoms with van der Waals surface area (Å²) in [6.07, 6.45) is 6.71. The lowest BCUT2D eigenvalue weighted by molar-refractivity contribution is -0.155. The number of amides is 1. The van der Waals surface area contributed by atoms with E-state index in [0.29, 0.717) is 6.42 Å². The van der Waals surface area contributed by atoms with Crippen molar-refractivity contribution >= 4 is 11.9 Å². The molecule has 0 heterocycles. The van der Waals surface area contributed by atoms with Crippen molar-refractivity contribution in [2.24, 2.45) is 0 Å². The highest BCUT2D eigenvalue weighted by molar-refractivity contribution is 5.81. The van der Waals surface area contributed by atoms with Crippen molar-refractivity contribution in [3.05, 3.63) is 0 Å². The molecule has 0 aliphatic heterocycles. The fraction of sp³-hybridized carbons (Fsp3) is 0.714. The van der Waals surface area contributed by atoms with E-state index >= 15 is 0 Å². The highest BCUT2D eigenvalue weighted by Crippen LogP contribution is 2.09. The van der Waals surface area contributed by atoms with Crippen LogP contribution in [0.1, 0.15) is 53.4 Å². The van der Waals surface area contributed by atoms with Gasteiger partial charge in [0.25, 0.3) is 0 Å². The second-order valence-electron chi connectivity index (χ2n) is 5.17. The topological polar surface area (TPSA) is 55.4 Å². The fourth-order valence-electron chi connectivity index (χ4n) is 1.35. The molecule has 0 aromatic heterocycles. The lowest BCUT2D eigenvalue weighted by Crippen LogP contribution is -2.34. The average molecular weight is 253 g/mol. The van der Waals surface area contributed by atoms with Gasteiger partial charge < -0.3 is 10.1 Å². The number of terminal acetylenes is 1. The highest BCUT2D eigenvalue weighted by atomic mass is 16.6. The minimum Gasteiger partial charge on any atom is -0.460 e. The molecular weight excluding hydrogens is 230 g/mol. The predicted molar refractivity (Wildman–Crippen MR) is 70.8 cm³/mol. The normalized spacial score (nSPS) is 12.4. The van der Waals surface area contributed by atoms with Crippen LogP contribution in [0.2, 0.25) is 0 Å². The van der Waals surface area contributed by atoms with Gasteiger partial charge in [0.15, 0.2) is 0 Å². The highest BCUT2D eigenvalue weighted by Gasteiger charge is 2.17. The number of hydrogen-bond acceptors (Lipinski definition) is 3. The number of carbonyl (C=O) groups excluding carboxylic acids is 2. The van der Waals surface area contributed by atoms with E-state index in [1.54, 1.807) is 20.8 Å². The Bertz CT molecular complexity index is 323. The number of ether oxygens (including phenoxy) is 1. The zero-order valence-electron chi connectivity index (χ0n) is 11.7. The third kappa shape index (κ3) is 8.63. The summed E-state index contributed by atoms with van der Waals surface area (Å²) in [4.78, 5) is 23.0. The Hall–Kier alpha value is -1.50. The molecule has 0 aliphatic carbocycles. The molecule has 4 nitrogen and oxygen atoms in total. The van der Waals surface area contributed by atoms with Crippen LogP contribution in [0.25, 0.3) is 0 Å². The van der Waals surface area contributed by atoms with Crippen molar-refractivity contribution in [3.8, 4) is 12.3 Å². The van der Waals surface area contributed by atoms with Crippen LogP contribution in [0.4, 0.5) is 0 Å². The third-order valence-electron chi connectivity index (χ3n) is 2.20. The van der Waals surface area contributed by atoms with Crippen LogP contribution < -0.4 is 5.32 Å². The van der Waals surface area contributed by atoms with Gasteiger partial charge in [-0.05, 0) is 27.2 Å². The first-order chi connectivity index (χ1) is 8.28. The lowest BCUT2D eigenvalue weighted by atomic mass is 10.1. The molecule has 1 N–H and O–H groups in total. The molecule has 0 rings (SSSR count). The van der Waals surface area contributed by atoms with Gasteiger partial charge in [-0.1, -0.05) is 6.92 Å². The molecule has 102 valence electrons. The maximum atomic E-state index is 11.6. The van der Waals surface area contributed by atoms with E-state index in [9.17, 15) is 9.59 Å². The summed E-state index contributed by atoms with van der Waals surface area (Å²) in [5, 5.41) is 2.80. The maximum Gasteiger partial charge on any atom is 0.306 e. The van der Waals surface area contributed by atoms with Gasteiger partial charge in [0.1, 0.15) is 5.60 Å². The standard InChI is InChI=1S/C14H23NO3/c1-6-8-11(7-2)15-12(16)9-10-13(17)18-14(3,4)5/h1,11H,7-10H2,2-5H3,(H,15,16). The molecule has 1 unspecified atom stereocenters. The molecular formula is C14H23NO3. The summed E-state index contributed by atoms with van der Waals surface area (Å²) < 4.78 is 5.12. The Morgan fingerprint density at radius 3 is 2.39 bits per heavy atom. The molecule has 0 radical (unpaired) electrons. The summed E-state index contributed by atoms with van der Waals surface area (Å²) in [5.74, 6) is 1.99. The summed E-state index contributed by atoms with van der Waals surface area (Å²) in [7, 11) is 0. The minimum atomic E-state index is -0.511. The number of carbonyl (C=O) groups is 2. The molecule has 1 atom stereocenters. The number of nitrogens with one attached hydrogen (secondary N) is 1. The molecule has 18 heavy (non-hydrogen) atoms. The fourth-order valence-corrected chi connectivity index (χ4v) is 1.35. The van der Waals surface area contributed by atoms with E-state index in [1.165, 1.54) is 0 Å². The van der Waals surface area contributed by atoms with Crippen LogP contribution in [0.3, 0.4) is 0 Å². The Morgan fingerprint density at radius 2 is 1.94 bits per heavy atom. The van der Waals surface area contributed by atoms with Crippen LogP contribution >= 0.6 is 0 Å². The molecule has 0 aromatic carbocycles. The summed E-state index contributed by atoms with van der Waals surface area (Å²) in [6.45, 7) is 7.34. The van der Waals surface area contributed by atoms with Crippen molar-refractivity contribution in [2.45, 2.75) is 65.0 Å². The zero-order chi connectivity index (χ0) is 14.2. The molecule has 0 saturated carbocycles. The Kier molecular flexibility index (Phi) is 7.11. The number of rotatable bonds is 6. The predicted octanol–water partition coefficient (Wildman–Crippen LogP) is 2.03. The molecule has 0 aliphatic rings. The van der Waals surface area contributed by atoms with Gasteiger partial charge in [-0.25, -0.2) is 0 Å². The monoisotopic (exact) mass is 253 g/mol. The van der Waals surface area contributed by atoms with Gasteiger partial charge in [0.05, 0.1) is 6.42 Å². The summed E-state index contributed by atoms with van der Waals surface area (Å²) >= 11 is 0. The molecule has 0 fully saturated rings. The van der Waals surface area contributed by atoms with E-state index in [-0.39, 0.29) is 30.8 Å². The lowest BCUT2D eigenvalue weighted by Gasteiger charge is -2.19. The summed E-state index contributed by atoms with van der Waals surface area (Å²) in [6, 6.07) is -0.0128. The van der Waals surface area contributed by atoms with E-state index < -0.39 is 5.60 Å². The quantitative estimate of drug-likeness (QED) is 0.582. The van der Waals surface area contributed by atoms with Crippen LogP contribution in [0, 0.1) is 12.3 Å². The van der Waals surface area contributed by atoms with Crippen molar-refractivity contribution in [1.82, 2.24) is 5.32 Å². The molecule has 0 saturated heterocycles. The van der Waals surface area contributed by atoms with Crippen molar-refractivity contribution in [1.29, 1.82) is 0 Å². The van der Waals surface area contributed by atoms with Gasteiger partial charge >= 0.3 is 5.97 Å². The smallest absolute Gasteiger partial charge is 0.306 e. The van der Waals surface area contributed by atoms with Crippen LogP contribution in [0.15, 0.2) is 0 Å². The van der Waals surface area contributed by atoms with Crippen molar-refractivity contribution < 1.29 is 14.3 Å². The van der Waals surface area contributed by atoms with E-state index in [4.69, 9.17) is 11.2 Å². The van der Waals surface area contributed by atoms with E-state index in [1.807, 2.05) is 6.92 Å². The second kappa shape index (κ2) is 7.75. The Morgan fingerprint density at radius 1 is 1.33 bits per heavy atom. The van der Waals surface area contributed by atoms with Gasteiger partial charge in [-0.2, -0.15) is 0 Å². The minimum absolute atomic E-state index is 0.0128. The van der Waals surface area contributed by atoms with Crippen molar-refractivity contribution in [3.63, 3.8) is 0 Å². The molecule has 0 spiro atoms. The maximum absolute atomic E-state index is 11.6. The number of hydrogen-bond donors (Lipinski definition) is 1. The van der Waals surface area contributed by atoms with Gasteiger partial charge in [0.2, 0.25) is 5.91 Å². The second-order valence-corrected chi connectivity index (χ2v) is 5.17. The molecule has 1 amide bonds. The van der Waals surface area contributed by atoms with Crippen LogP contribution in [-0.2, 0) is 14.3 Å². The first kappa shape index (κ1) is 16.5. The van der Waals surface area contributed by atoms with Gasteiger partial charge in [0, 0.05) is 18.9 Å². The Labute approximate surface area is 109 Å². The van der Waals surface area contributed by atoms with E-state index in [2.05, 4.69) is 11.2 Å². The summed E-state index contributed by atoms with van der Waals surface area (Å²) in [5.41, 5.74) is -0.511. The average Bonchev–Trinajstić information content (AvgIpc) is 2.23. The van der Waals surface area contributed by atoms with Crippen LogP contribution in [0.5, 0.6) is 0 Å². The van der Waals surface area contributed by atoms with Crippen molar-refractivity contribution in [2.75, 3.05) is 0 Å². The molecule has 0 bridgehead atoms. The number of esters is 1. The van der Waals surface area contributed by atoms with Crippen LogP contribution in [-0.4, -0.2) is 23.5 Å². The SMILES string of the molecule is C#CCC(CC)NC(=O)CCC(=O)OC(C)(C)C. The molecule has 4 heteroatoms. The van der Waals surface area contributed by atoms with Gasteiger partial charge in [-0.3, -0.25) is 9.59 Å². The van der Waals surface area contributed by atoms with Gasteiger partial charge in [-0.15, -0.1) is 12.3 Å². The zero-order valence-corrected chi connectivity index (χ0v) is 11.7. The van der Waals surface area contributed by atoms with E-state index in [0.717, 1.165) is 6.42 Å². The molecule has 0 aromatic rings.